The molecule has 0 spiro atoms. The van der Waals surface area contributed by atoms with Crippen LogP contribution in [0, 0.1) is 0 Å². The van der Waals surface area contributed by atoms with Gasteiger partial charge in [-0.3, -0.25) is 5.43 Å². The average molecular weight is 252 g/mol. The lowest BCUT2D eigenvalue weighted by molar-refractivity contribution is 1.36. The Hall–Kier alpha value is -2.13. The van der Waals surface area contributed by atoms with E-state index in [0.29, 0.717) is 0 Å². The van der Waals surface area contributed by atoms with Crippen molar-refractivity contribution in [2.45, 2.75) is 0 Å². The zero-order chi connectivity index (χ0) is 12.2. The first-order chi connectivity index (χ1) is 8.92. The van der Waals surface area contributed by atoms with Crippen molar-refractivity contribution in [1.82, 2.24) is 0 Å². The molecule has 0 unspecified atom stereocenters. The van der Waals surface area contributed by atoms with Gasteiger partial charge in [0.1, 0.15) is 0 Å². The minimum absolute atomic E-state index is 1.00. The van der Waals surface area contributed by atoms with E-state index in [1.54, 1.807) is 11.3 Å². The van der Waals surface area contributed by atoms with E-state index in [4.69, 9.17) is 0 Å². The predicted molar refractivity (Wildman–Crippen MR) is 79.5 cm³/mol. The van der Waals surface area contributed by atoms with Gasteiger partial charge in [0, 0.05) is 4.88 Å². The Morgan fingerprint density at radius 2 is 1.83 bits per heavy atom. The second-order valence-corrected chi connectivity index (χ2v) is 4.93. The van der Waals surface area contributed by atoms with Crippen LogP contribution in [0.5, 0.6) is 0 Å². The van der Waals surface area contributed by atoms with Gasteiger partial charge < -0.3 is 0 Å². The van der Waals surface area contributed by atoms with Crippen molar-refractivity contribution in [1.29, 1.82) is 0 Å². The number of nitrogens with one attached hydrogen (secondary N) is 1. The molecule has 1 aromatic heterocycles. The summed E-state index contributed by atoms with van der Waals surface area (Å²) in [5.41, 5.74) is 4.05. The molecule has 0 atom stereocenters. The Morgan fingerprint density at radius 3 is 2.67 bits per heavy atom. The Balaban J connectivity index is 1.78. The van der Waals surface area contributed by atoms with Crippen LogP contribution in [0.3, 0.4) is 0 Å². The number of hydrogen-bond donors (Lipinski definition) is 1. The topological polar surface area (TPSA) is 24.4 Å². The standard InChI is InChI=1S/C15H12N2S/c1-2-5-13-10-14(8-7-12(13)4-1)17-16-11-15-6-3-9-18-15/h1-11,17H/b16-11+. The third-order valence-electron chi connectivity index (χ3n) is 2.68. The molecule has 0 amide bonds. The fourth-order valence-electron chi connectivity index (χ4n) is 1.79. The van der Waals surface area contributed by atoms with Gasteiger partial charge in [0.15, 0.2) is 0 Å². The molecule has 0 aliphatic carbocycles. The van der Waals surface area contributed by atoms with Crippen molar-refractivity contribution in [3.63, 3.8) is 0 Å². The molecule has 1 N–H and O–H groups in total. The maximum atomic E-state index is 4.23. The van der Waals surface area contributed by atoms with Gasteiger partial charge in [-0.1, -0.05) is 36.4 Å². The first-order valence-corrected chi connectivity index (χ1v) is 6.61. The van der Waals surface area contributed by atoms with Gasteiger partial charge in [-0.15, -0.1) is 11.3 Å². The first kappa shape index (κ1) is 11.0. The molecule has 0 fully saturated rings. The number of benzene rings is 2. The maximum Gasteiger partial charge on any atom is 0.0644 e. The summed E-state index contributed by atoms with van der Waals surface area (Å²) in [6.07, 6.45) is 1.83. The molecule has 0 bridgehead atoms. The van der Waals surface area contributed by atoms with E-state index >= 15 is 0 Å². The molecule has 2 nitrogen and oxygen atoms in total. The van der Waals surface area contributed by atoms with Crippen molar-refractivity contribution in [2.75, 3.05) is 5.43 Å². The highest BCUT2D eigenvalue weighted by molar-refractivity contribution is 7.11. The number of fused-ring (bicyclic) bond motifs is 1. The van der Waals surface area contributed by atoms with Crippen molar-refractivity contribution in [2.24, 2.45) is 5.10 Å². The average Bonchev–Trinajstić information content (AvgIpc) is 2.92. The largest absolute Gasteiger partial charge is 0.278 e. The Labute approximate surface area is 110 Å². The van der Waals surface area contributed by atoms with Crippen LogP contribution < -0.4 is 5.43 Å². The number of anilines is 1. The molecule has 0 aliphatic heterocycles. The Morgan fingerprint density at radius 1 is 0.944 bits per heavy atom. The number of rotatable bonds is 3. The highest BCUT2D eigenvalue weighted by Gasteiger charge is 1.94. The summed E-state index contributed by atoms with van der Waals surface area (Å²) < 4.78 is 0. The van der Waals surface area contributed by atoms with E-state index in [1.165, 1.54) is 10.8 Å². The fraction of sp³-hybridized carbons (Fsp3) is 0. The normalized spacial score (nSPS) is 11.1. The monoisotopic (exact) mass is 252 g/mol. The molecular weight excluding hydrogens is 240 g/mol. The summed E-state index contributed by atoms with van der Waals surface area (Å²) in [6.45, 7) is 0. The van der Waals surface area contributed by atoms with Crippen LogP contribution in [0.4, 0.5) is 5.69 Å². The lowest BCUT2D eigenvalue weighted by atomic mass is 10.1. The first-order valence-electron chi connectivity index (χ1n) is 5.73. The van der Waals surface area contributed by atoms with Crippen LogP contribution in [0.15, 0.2) is 65.1 Å². The quantitative estimate of drug-likeness (QED) is 0.544. The van der Waals surface area contributed by atoms with Crippen LogP contribution in [0.25, 0.3) is 10.8 Å². The SMILES string of the molecule is C(=N\Nc1ccc2ccccc2c1)/c1cccs1. The van der Waals surface area contributed by atoms with E-state index in [1.807, 2.05) is 41.9 Å². The molecule has 0 saturated heterocycles. The van der Waals surface area contributed by atoms with Crippen molar-refractivity contribution < 1.29 is 0 Å². The van der Waals surface area contributed by atoms with Gasteiger partial charge in [0.05, 0.1) is 11.9 Å². The molecule has 2 aromatic carbocycles. The third kappa shape index (κ3) is 2.41. The van der Waals surface area contributed by atoms with Crippen LogP contribution in [0.1, 0.15) is 4.88 Å². The smallest absolute Gasteiger partial charge is 0.0644 e. The molecule has 88 valence electrons. The van der Waals surface area contributed by atoms with E-state index in [9.17, 15) is 0 Å². The molecule has 3 heteroatoms. The minimum Gasteiger partial charge on any atom is -0.278 e. The number of nitrogens with zero attached hydrogens (tertiary/aromatic N) is 1. The summed E-state index contributed by atoms with van der Waals surface area (Å²) in [4.78, 5) is 1.14. The summed E-state index contributed by atoms with van der Waals surface area (Å²) >= 11 is 1.67. The zero-order valence-corrected chi connectivity index (χ0v) is 10.5. The van der Waals surface area contributed by atoms with Crippen molar-refractivity contribution in [3.8, 4) is 0 Å². The summed E-state index contributed by atoms with van der Waals surface area (Å²) in [5, 5.41) is 8.72. The number of hydrazone groups is 1. The van der Waals surface area contributed by atoms with Crippen LogP contribution in [-0.2, 0) is 0 Å². The predicted octanol–water partition coefficient (Wildman–Crippen LogP) is 4.35. The molecule has 1 heterocycles. The van der Waals surface area contributed by atoms with Gasteiger partial charge in [0.2, 0.25) is 0 Å². The number of hydrogen-bond acceptors (Lipinski definition) is 3. The van der Waals surface area contributed by atoms with Crippen LogP contribution >= 0.6 is 11.3 Å². The lowest BCUT2D eigenvalue weighted by Gasteiger charge is -2.02. The summed E-state index contributed by atoms with van der Waals surface area (Å²) in [6, 6.07) is 18.6. The van der Waals surface area contributed by atoms with Gasteiger partial charge in [-0.2, -0.15) is 5.10 Å². The molecular formula is C15H12N2S. The highest BCUT2D eigenvalue weighted by atomic mass is 32.1. The van der Waals surface area contributed by atoms with Gasteiger partial charge in [-0.05, 0) is 34.4 Å². The molecule has 0 aliphatic rings. The second kappa shape index (κ2) is 5.02. The minimum atomic E-state index is 1.00. The lowest BCUT2D eigenvalue weighted by Crippen LogP contribution is -1.89. The van der Waals surface area contributed by atoms with E-state index in [2.05, 4.69) is 34.8 Å². The van der Waals surface area contributed by atoms with Crippen molar-refractivity contribution in [3.05, 3.63) is 64.9 Å². The third-order valence-corrected chi connectivity index (χ3v) is 3.48. The zero-order valence-electron chi connectivity index (χ0n) is 9.71. The molecule has 3 aromatic rings. The maximum absolute atomic E-state index is 4.23. The summed E-state index contributed by atoms with van der Waals surface area (Å²) in [5.74, 6) is 0. The molecule has 0 saturated carbocycles. The highest BCUT2D eigenvalue weighted by Crippen LogP contribution is 2.18. The van der Waals surface area contributed by atoms with E-state index in [0.717, 1.165) is 10.6 Å². The van der Waals surface area contributed by atoms with Gasteiger partial charge in [-0.25, -0.2) is 0 Å². The van der Waals surface area contributed by atoms with Crippen LogP contribution in [-0.4, -0.2) is 6.21 Å². The van der Waals surface area contributed by atoms with Crippen LogP contribution in [0.2, 0.25) is 0 Å². The molecule has 18 heavy (non-hydrogen) atoms. The van der Waals surface area contributed by atoms with Gasteiger partial charge in [0.25, 0.3) is 0 Å². The molecule has 3 rings (SSSR count). The Bertz CT molecular complexity index is 672. The van der Waals surface area contributed by atoms with Crippen molar-refractivity contribution >= 4 is 34.0 Å². The molecule has 0 radical (unpaired) electrons. The number of thiophene rings is 1. The fourth-order valence-corrected chi connectivity index (χ4v) is 2.38. The second-order valence-electron chi connectivity index (χ2n) is 3.95. The Kier molecular flexibility index (Phi) is 3.07. The van der Waals surface area contributed by atoms with E-state index in [-0.39, 0.29) is 0 Å². The van der Waals surface area contributed by atoms with E-state index < -0.39 is 0 Å². The summed E-state index contributed by atoms with van der Waals surface area (Å²) in [7, 11) is 0. The van der Waals surface area contributed by atoms with Gasteiger partial charge >= 0.3 is 0 Å².